The van der Waals surface area contributed by atoms with E-state index in [4.69, 9.17) is 9.47 Å². The predicted octanol–water partition coefficient (Wildman–Crippen LogP) is 4.30. The molecule has 0 spiro atoms. The molecule has 0 radical (unpaired) electrons. The minimum Gasteiger partial charge on any atom is -0.497 e. The number of rotatable bonds is 5. The number of benzene rings is 1. The second-order valence-electron chi connectivity index (χ2n) is 4.44. The molecular formula is C16H18O3S. The number of hydrogen-bond donors (Lipinski definition) is 0. The highest BCUT2D eigenvalue weighted by molar-refractivity contribution is 7.14. The molecular weight excluding hydrogens is 272 g/mol. The normalized spacial score (nSPS) is 10.3. The molecule has 1 aromatic carbocycles. The van der Waals surface area contributed by atoms with E-state index in [0.717, 1.165) is 28.2 Å². The first-order valence-corrected chi connectivity index (χ1v) is 7.39. The molecule has 0 saturated heterocycles. The number of carbonyl (C=O) groups is 1. The summed E-state index contributed by atoms with van der Waals surface area (Å²) in [5, 5.41) is 0. The smallest absolute Gasteiger partial charge is 0.348 e. The third-order valence-corrected chi connectivity index (χ3v) is 3.99. The molecule has 0 aliphatic heterocycles. The van der Waals surface area contributed by atoms with Crippen LogP contribution < -0.4 is 4.74 Å². The summed E-state index contributed by atoms with van der Waals surface area (Å²) in [6, 6.07) is 9.73. The van der Waals surface area contributed by atoms with Crippen LogP contribution in [0.15, 0.2) is 30.3 Å². The Morgan fingerprint density at radius 1 is 1.25 bits per heavy atom. The quantitative estimate of drug-likeness (QED) is 0.770. The van der Waals surface area contributed by atoms with Crippen molar-refractivity contribution < 1.29 is 14.3 Å². The molecule has 0 aliphatic rings. The highest BCUT2D eigenvalue weighted by atomic mass is 32.1. The minimum atomic E-state index is -0.236. The molecule has 0 amide bonds. The van der Waals surface area contributed by atoms with Crippen molar-refractivity contribution in [3.05, 3.63) is 40.1 Å². The Bertz CT molecular complexity index is 584. The third-order valence-electron chi connectivity index (χ3n) is 2.96. The Balaban J connectivity index is 2.24. The maximum Gasteiger partial charge on any atom is 0.348 e. The van der Waals surface area contributed by atoms with Crippen LogP contribution in [-0.2, 0) is 4.74 Å². The van der Waals surface area contributed by atoms with Gasteiger partial charge < -0.3 is 9.47 Å². The average Bonchev–Trinajstić information content (AvgIpc) is 2.87. The summed E-state index contributed by atoms with van der Waals surface area (Å²) < 4.78 is 10.3. The van der Waals surface area contributed by atoms with Crippen molar-refractivity contribution in [1.82, 2.24) is 0 Å². The van der Waals surface area contributed by atoms with Crippen LogP contribution in [0.5, 0.6) is 5.75 Å². The van der Waals surface area contributed by atoms with Gasteiger partial charge in [0, 0.05) is 4.88 Å². The first-order chi connectivity index (χ1) is 9.65. The van der Waals surface area contributed by atoms with Crippen LogP contribution >= 0.6 is 11.3 Å². The Morgan fingerprint density at radius 2 is 1.95 bits per heavy atom. The fraction of sp³-hybridized carbons (Fsp3) is 0.312. The number of carbonyl (C=O) groups excluding carboxylic acids is 1. The number of ether oxygens (including phenoxy) is 2. The third kappa shape index (κ3) is 3.20. The van der Waals surface area contributed by atoms with E-state index in [0.29, 0.717) is 11.5 Å². The van der Waals surface area contributed by atoms with Crippen molar-refractivity contribution in [2.75, 3.05) is 13.7 Å². The van der Waals surface area contributed by atoms with E-state index in [1.165, 1.54) is 11.3 Å². The number of aryl methyl sites for hydroxylation is 1. The van der Waals surface area contributed by atoms with E-state index >= 15 is 0 Å². The minimum absolute atomic E-state index is 0.236. The second-order valence-corrected chi connectivity index (χ2v) is 5.70. The van der Waals surface area contributed by atoms with Gasteiger partial charge in [-0.25, -0.2) is 4.79 Å². The van der Waals surface area contributed by atoms with Crippen LogP contribution in [0.1, 0.15) is 27.9 Å². The zero-order valence-electron chi connectivity index (χ0n) is 11.9. The van der Waals surface area contributed by atoms with Crippen LogP contribution in [0, 0.1) is 6.92 Å². The summed E-state index contributed by atoms with van der Waals surface area (Å²) in [6.45, 7) is 4.46. The monoisotopic (exact) mass is 290 g/mol. The van der Waals surface area contributed by atoms with Crippen LogP contribution in [0.3, 0.4) is 0 Å². The number of methoxy groups -OCH3 is 1. The SMILES string of the molecule is CCCOC(=O)c1cc(-c2ccc(OC)cc2)c(C)s1. The molecule has 1 aromatic heterocycles. The largest absolute Gasteiger partial charge is 0.497 e. The first kappa shape index (κ1) is 14.6. The van der Waals surface area contributed by atoms with E-state index in [9.17, 15) is 4.79 Å². The molecule has 20 heavy (non-hydrogen) atoms. The molecule has 106 valence electrons. The zero-order chi connectivity index (χ0) is 14.5. The summed E-state index contributed by atoms with van der Waals surface area (Å²) in [5.74, 6) is 0.587. The van der Waals surface area contributed by atoms with Gasteiger partial charge in [-0.05, 0) is 42.7 Å². The van der Waals surface area contributed by atoms with Gasteiger partial charge in [0.05, 0.1) is 13.7 Å². The summed E-state index contributed by atoms with van der Waals surface area (Å²) >= 11 is 1.47. The van der Waals surface area contributed by atoms with Crippen molar-refractivity contribution in [3.8, 4) is 16.9 Å². The summed E-state index contributed by atoms with van der Waals surface area (Å²) in [7, 11) is 1.65. The Kier molecular flexibility index (Phi) is 4.79. The fourth-order valence-electron chi connectivity index (χ4n) is 1.91. The lowest BCUT2D eigenvalue weighted by atomic mass is 10.1. The lowest BCUT2D eigenvalue weighted by Gasteiger charge is -2.02. The Labute approximate surface area is 123 Å². The second kappa shape index (κ2) is 6.57. The van der Waals surface area contributed by atoms with Crippen molar-refractivity contribution in [2.24, 2.45) is 0 Å². The molecule has 0 unspecified atom stereocenters. The molecule has 0 aliphatic carbocycles. The zero-order valence-corrected chi connectivity index (χ0v) is 12.8. The van der Waals surface area contributed by atoms with Gasteiger partial charge >= 0.3 is 5.97 Å². The van der Waals surface area contributed by atoms with Gasteiger partial charge in [-0.3, -0.25) is 0 Å². The maximum absolute atomic E-state index is 11.9. The van der Waals surface area contributed by atoms with Crippen LogP contribution in [0.2, 0.25) is 0 Å². The Morgan fingerprint density at radius 3 is 2.55 bits per heavy atom. The van der Waals surface area contributed by atoms with Gasteiger partial charge in [0.2, 0.25) is 0 Å². The van der Waals surface area contributed by atoms with E-state index in [-0.39, 0.29) is 5.97 Å². The van der Waals surface area contributed by atoms with Crippen molar-refractivity contribution in [2.45, 2.75) is 20.3 Å². The van der Waals surface area contributed by atoms with E-state index in [1.807, 2.05) is 44.2 Å². The van der Waals surface area contributed by atoms with E-state index < -0.39 is 0 Å². The van der Waals surface area contributed by atoms with Crippen LogP contribution in [-0.4, -0.2) is 19.7 Å². The molecule has 0 saturated carbocycles. The van der Waals surface area contributed by atoms with Crippen LogP contribution in [0.25, 0.3) is 11.1 Å². The highest BCUT2D eigenvalue weighted by Gasteiger charge is 2.14. The van der Waals surface area contributed by atoms with Gasteiger partial charge in [0.15, 0.2) is 0 Å². The van der Waals surface area contributed by atoms with Gasteiger partial charge in [-0.1, -0.05) is 19.1 Å². The molecule has 0 fully saturated rings. The van der Waals surface area contributed by atoms with Gasteiger partial charge in [-0.2, -0.15) is 0 Å². The predicted molar refractivity (Wildman–Crippen MR) is 81.6 cm³/mol. The van der Waals surface area contributed by atoms with Crippen molar-refractivity contribution in [1.29, 1.82) is 0 Å². The molecule has 0 N–H and O–H groups in total. The van der Waals surface area contributed by atoms with Gasteiger partial charge in [0.25, 0.3) is 0 Å². The van der Waals surface area contributed by atoms with Gasteiger partial charge in [-0.15, -0.1) is 11.3 Å². The van der Waals surface area contributed by atoms with Gasteiger partial charge in [0.1, 0.15) is 10.6 Å². The molecule has 2 rings (SSSR count). The Hall–Kier alpha value is -1.81. The lowest BCUT2D eigenvalue weighted by Crippen LogP contribution is -2.03. The topological polar surface area (TPSA) is 35.5 Å². The number of thiophene rings is 1. The highest BCUT2D eigenvalue weighted by Crippen LogP contribution is 2.32. The van der Waals surface area contributed by atoms with Crippen LogP contribution in [0.4, 0.5) is 0 Å². The molecule has 1 heterocycles. The number of hydrogen-bond acceptors (Lipinski definition) is 4. The molecule has 2 aromatic rings. The standard InChI is InChI=1S/C16H18O3S/c1-4-9-19-16(17)15-10-14(11(2)20-15)12-5-7-13(18-3)8-6-12/h5-8,10H,4,9H2,1-3H3. The maximum atomic E-state index is 11.9. The summed E-state index contributed by atoms with van der Waals surface area (Å²) in [4.78, 5) is 13.6. The van der Waals surface area contributed by atoms with E-state index in [2.05, 4.69) is 0 Å². The molecule has 0 atom stereocenters. The molecule has 0 bridgehead atoms. The summed E-state index contributed by atoms with van der Waals surface area (Å²) in [6.07, 6.45) is 0.835. The summed E-state index contributed by atoms with van der Waals surface area (Å²) in [5.41, 5.74) is 2.15. The number of esters is 1. The first-order valence-electron chi connectivity index (χ1n) is 6.57. The van der Waals surface area contributed by atoms with Crippen molar-refractivity contribution >= 4 is 17.3 Å². The fourth-order valence-corrected chi connectivity index (χ4v) is 2.84. The lowest BCUT2D eigenvalue weighted by molar-refractivity contribution is 0.0511. The molecule has 4 heteroatoms. The molecule has 3 nitrogen and oxygen atoms in total. The van der Waals surface area contributed by atoms with E-state index in [1.54, 1.807) is 7.11 Å². The average molecular weight is 290 g/mol. The van der Waals surface area contributed by atoms with Crippen molar-refractivity contribution in [3.63, 3.8) is 0 Å².